The highest BCUT2D eigenvalue weighted by Gasteiger charge is 2.31. The number of carbonyl (C=O) groups excluding carboxylic acids is 1. The average Bonchev–Trinajstić information content (AvgIpc) is 2.83. The molecule has 3 heteroatoms. The number of nitrogens with zero attached hydrogens (tertiary/aromatic N) is 1. The number of esters is 1. The molecule has 1 aliphatic carbocycles. The summed E-state index contributed by atoms with van der Waals surface area (Å²) in [6.07, 6.45) is 2.61. The van der Waals surface area contributed by atoms with Gasteiger partial charge in [0.2, 0.25) is 0 Å². The Morgan fingerprint density at radius 1 is 1.43 bits per heavy atom. The molecular weight excluding hydrogens is 178 g/mol. The van der Waals surface area contributed by atoms with E-state index in [1.807, 2.05) is 20.9 Å². The summed E-state index contributed by atoms with van der Waals surface area (Å²) in [6.45, 7) is 6.35. The van der Waals surface area contributed by atoms with Crippen LogP contribution in [0, 0.1) is 5.92 Å². The Bertz CT molecular complexity index is 199. The molecule has 1 rings (SSSR count). The molecule has 0 radical (unpaired) electrons. The van der Waals surface area contributed by atoms with Crippen LogP contribution in [0.3, 0.4) is 0 Å². The average molecular weight is 199 g/mol. The summed E-state index contributed by atoms with van der Waals surface area (Å²) in [5.41, 5.74) is 0. The van der Waals surface area contributed by atoms with Gasteiger partial charge < -0.3 is 4.74 Å². The van der Waals surface area contributed by atoms with E-state index >= 15 is 0 Å². The molecule has 14 heavy (non-hydrogen) atoms. The molecule has 0 bridgehead atoms. The van der Waals surface area contributed by atoms with Gasteiger partial charge in [-0.25, -0.2) is 0 Å². The molecule has 1 unspecified atom stereocenters. The minimum absolute atomic E-state index is 0.00729. The van der Waals surface area contributed by atoms with Gasteiger partial charge in [-0.2, -0.15) is 0 Å². The fourth-order valence-electron chi connectivity index (χ4n) is 1.59. The van der Waals surface area contributed by atoms with Crippen molar-refractivity contribution in [1.82, 2.24) is 4.90 Å². The van der Waals surface area contributed by atoms with E-state index < -0.39 is 0 Å². The summed E-state index contributed by atoms with van der Waals surface area (Å²) in [7, 11) is 1.99. The van der Waals surface area contributed by atoms with Gasteiger partial charge in [0.25, 0.3) is 0 Å². The molecule has 1 atom stereocenters. The molecular formula is C11H21NO2. The second-order valence-electron chi connectivity index (χ2n) is 4.53. The quantitative estimate of drug-likeness (QED) is 0.631. The molecule has 82 valence electrons. The van der Waals surface area contributed by atoms with Crippen LogP contribution in [0.25, 0.3) is 0 Å². The second-order valence-corrected chi connectivity index (χ2v) is 4.53. The lowest BCUT2D eigenvalue weighted by atomic mass is 10.2. The normalized spacial score (nSPS) is 18.7. The molecule has 0 aromatic rings. The number of likely N-dealkylation sites (N-methyl/N-ethyl adjacent to an activating group) is 1. The van der Waals surface area contributed by atoms with E-state index in [0.29, 0.717) is 12.6 Å². The van der Waals surface area contributed by atoms with Gasteiger partial charge in [0.15, 0.2) is 0 Å². The van der Waals surface area contributed by atoms with Gasteiger partial charge in [-0.3, -0.25) is 9.69 Å². The highest BCUT2D eigenvalue weighted by Crippen LogP contribution is 2.34. The standard InChI is InChI=1S/C11H21NO2/c1-8(2)14-11(13)7-12(4)9(3)10-5-6-10/h8-10H,5-7H2,1-4H3. The van der Waals surface area contributed by atoms with Crippen molar-refractivity contribution in [1.29, 1.82) is 0 Å². The maximum Gasteiger partial charge on any atom is 0.320 e. The van der Waals surface area contributed by atoms with Crippen LogP contribution in [0.2, 0.25) is 0 Å². The minimum atomic E-state index is -0.116. The number of rotatable bonds is 5. The Morgan fingerprint density at radius 2 is 2.00 bits per heavy atom. The second kappa shape index (κ2) is 4.78. The predicted molar refractivity (Wildman–Crippen MR) is 56.0 cm³/mol. The van der Waals surface area contributed by atoms with Gasteiger partial charge in [0.1, 0.15) is 0 Å². The maximum atomic E-state index is 11.3. The van der Waals surface area contributed by atoms with E-state index in [9.17, 15) is 4.79 Å². The van der Waals surface area contributed by atoms with Crippen molar-refractivity contribution in [3.63, 3.8) is 0 Å². The van der Waals surface area contributed by atoms with Crippen molar-refractivity contribution in [2.24, 2.45) is 5.92 Å². The van der Waals surface area contributed by atoms with Gasteiger partial charge in [-0.05, 0) is 46.6 Å². The lowest BCUT2D eigenvalue weighted by molar-refractivity contribution is -0.148. The molecule has 3 nitrogen and oxygen atoms in total. The molecule has 1 saturated carbocycles. The summed E-state index contributed by atoms with van der Waals surface area (Å²) >= 11 is 0. The zero-order valence-corrected chi connectivity index (χ0v) is 9.62. The van der Waals surface area contributed by atoms with Crippen LogP contribution < -0.4 is 0 Å². The summed E-state index contributed by atoms with van der Waals surface area (Å²) in [5.74, 6) is 0.682. The summed E-state index contributed by atoms with van der Waals surface area (Å²) in [6, 6.07) is 0.509. The lowest BCUT2D eigenvalue weighted by Crippen LogP contribution is -2.36. The summed E-state index contributed by atoms with van der Waals surface area (Å²) < 4.78 is 5.09. The third-order valence-electron chi connectivity index (χ3n) is 2.75. The zero-order valence-electron chi connectivity index (χ0n) is 9.62. The Kier molecular flexibility index (Phi) is 3.93. The summed E-state index contributed by atoms with van der Waals surface area (Å²) in [5, 5.41) is 0. The van der Waals surface area contributed by atoms with E-state index in [0.717, 1.165) is 5.92 Å². The Balaban J connectivity index is 2.24. The largest absolute Gasteiger partial charge is 0.462 e. The summed E-state index contributed by atoms with van der Waals surface area (Å²) in [4.78, 5) is 13.4. The van der Waals surface area contributed by atoms with E-state index in [1.165, 1.54) is 12.8 Å². The third-order valence-corrected chi connectivity index (χ3v) is 2.75. The Hall–Kier alpha value is -0.570. The topological polar surface area (TPSA) is 29.5 Å². The number of carbonyl (C=O) groups is 1. The van der Waals surface area contributed by atoms with Crippen molar-refractivity contribution in [2.45, 2.75) is 45.8 Å². The number of hydrogen-bond donors (Lipinski definition) is 0. The fourth-order valence-corrected chi connectivity index (χ4v) is 1.59. The number of ether oxygens (including phenoxy) is 1. The van der Waals surface area contributed by atoms with Crippen LogP contribution in [0.15, 0.2) is 0 Å². The van der Waals surface area contributed by atoms with Gasteiger partial charge >= 0.3 is 5.97 Å². The molecule has 0 spiro atoms. The van der Waals surface area contributed by atoms with Crippen molar-refractivity contribution < 1.29 is 9.53 Å². The van der Waals surface area contributed by atoms with Crippen LogP contribution in [0.4, 0.5) is 0 Å². The zero-order chi connectivity index (χ0) is 10.7. The fraction of sp³-hybridized carbons (Fsp3) is 0.909. The van der Waals surface area contributed by atoms with Crippen molar-refractivity contribution in [3.8, 4) is 0 Å². The smallest absolute Gasteiger partial charge is 0.320 e. The first-order valence-electron chi connectivity index (χ1n) is 5.40. The highest BCUT2D eigenvalue weighted by atomic mass is 16.5. The first kappa shape index (κ1) is 11.5. The maximum absolute atomic E-state index is 11.3. The Morgan fingerprint density at radius 3 is 2.43 bits per heavy atom. The number of hydrogen-bond acceptors (Lipinski definition) is 3. The molecule has 1 aliphatic rings. The third kappa shape index (κ3) is 3.66. The van der Waals surface area contributed by atoms with Gasteiger partial charge in [-0.1, -0.05) is 0 Å². The first-order valence-corrected chi connectivity index (χ1v) is 5.40. The molecule has 0 N–H and O–H groups in total. The van der Waals surface area contributed by atoms with Gasteiger partial charge in [-0.15, -0.1) is 0 Å². The molecule has 1 fully saturated rings. The molecule has 0 aromatic heterocycles. The van der Waals surface area contributed by atoms with E-state index in [-0.39, 0.29) is 12.1 Å². The Labute approximate surface area is 86.4 Å². The highest BCUT2D eigenvalue weighted by molar-refractivity contribution is 5.71. The lowest BCUT2D eigenvalue weighted by Gasteiger charge is -2.23. The van der Waals surface area contributed by atoms with Crippen LogP contribution in [-0.2, 0) is 9.53 Å². The molecule has 0 amide bonds. The molecule has 0 heterocycles. The van der Waals surface area contributed by atoms with Gasteiger partial charge in [0.05, 0.1) is 12.6 Å². The SMILES string of the molecule is CC(C)OC(=O)CN(C)C(C)C1CC1. The van der Waals surface area contributed by atoms with Crippen LogP contribution >= 0.6 is 0 Å². The predicted octanol–water partition coefficient (Wildman–Crippen LogP) is 1.67. The molecule has 0 aromatic carbocycles. The van der Waals surface area contributed by atoms with Crippen molar-refractivity contribution in [3.05, 3.63) is 0 Å². The van der Waals surface area contributed by atoms with Crippen molar-refractivity contribution >= 4 is 5.97 Å². The van der Waals surface area contributed by atoms with Crippen LogP contribution in [-0.4, -0.2) is 36.6 Å². The molecule has 0 saturated heterocycles. The van der Waals surface area contributed by atoms with Gasteiger partial charge in [0, 0.05) is 6.04 Å². The van der Waals surface area contributed by atoms with Crippen LogP contribution in [0.5, 0.6) is 0 Å². The van der Waals surface area contributed by atoms with E-state index in [2.05, 4.69) is 11.8 Å². The minimum Gasteiger partial charge on any atom is -0.462 e. The van der Waals surface area contributed by atoms with Crippen LogP contribution in [0.1, 0.15) is 33.6 Å². The van der Waals surface area contributed by atoms with Crippen molar-refractivity contribution in [2.75, 3.05) is 13.6 Å². The van der Waals surface area contributed by atoms with E-state index in [4.69, 9.17) is 4.74 Å². The van der Waals surface area contributed by atoms with E-state index in [1.54, 1.807) is 0 Å². The first-order chi connectivity index (χ1) is 6.50. The molecule has 0 aliphatic heterocycles. The monoisotopic (exact) mass is 199 g/mol.